The number of benzene rings is 2. The summed E-state index contributed by atoms with van der Waals surface area (Å²) < 4.78 is 12.0. The molecule has 0 fully saturated rings. The van der Waals surface area contributed by atoms with E-state index in [1.807, 2.05) is 62.0 Å². The molecule has 2 rings (SSSR count). The van der Waals surface area contributed by atoms with Gasteiger partial charge in [0.1, 0.15) is 11.5 Å². The lowest BCUT2D eigenvalue weighted by Crippen LogP contribution is -2.00. The van der Waals surface area contributed by atoms with Crippen molar-refractivity contribution in [2.45, 2.75) is 135 Å². The number of ketones is 1. The molecule has 0 saturated heterocycles. The molecule has 0 N–H and O–H groups in total. The van der Waals surface area contributed by atoms with Crippen LogP contribution in [0.3, 0.4) is 0 Å². The Labute approximate surface area is 262 Å². The summed E-state index contributed by atoms with van der Waals surface area (Å²) in [6.45, 7) is 7.39. The lowest BCUT2D eigenvalue weighted by Gasteiger charge is -2.15. The normalized spacial score (nSPS) is 11.3. The third-order valence-electron chi connectivity index (χ3n) is 7.65. The molecular weight excluding hydrogens is 536 g/mol. The van der Waals surface area contributed by atoms with E-state index in [2.05, 4.69) is 19.1 Å². The van der Waals surface area contributed by atoms with Crippen LogP contribution in [0.5, 0.6) is 11.5 Å². The number of hydrogen-bond acceptors (Lipinski definition) is 4. The zero-order valence-electron chi connectivity index (χ0n) is 27.0. The molecule has 42 heavy (non-hydrogen) atoms. The number of carbonyl (C=O) groups excluding carboxylic acids is 1. The van der Waals surface area contributed by atoms with Crippen molar-refractivity contribution in [2.75, 3.05) is 19.0 Å². The molecule has 0 radical (unpaired) electrons. The summed E-state index contributed by atoms with van der Waals surface area (Å²) >= 11 is 1.87. The van der Waals surface area contributed by atoms with Crippen LogP contribution in [0, 0.1) is 0 Å². The number of unbranched alkanes of at least 4 members (excludes halogenated alkanes) is 16. The maximum absolute atomic E-state index is 12.6. The minimum absolute atomic E-state index is 0.0299. The minimum Gasteiger partial charge on any atom is -0.493 e. The van der Waals surface area contributed by atoms with Gasteiger partial charge in [0.2, 0.25) is 0 Å². The zero-order valence-corrected chi connectivity index (χ0v) is 27.8. The monoisotopic (exact) mass is 594 g/mol. The van der Waals surface area contributed by atoms with Gasteiger partial charge in [-0.25, -0.2) is 0 Å². The zero-order chi connectivity index (χ0) is 30.1. The fourth-order valence-corrected chi connectivity index (χ4v) is 6.21. The third-order valence-corrected chi connectivity index (χ3v) is 8.72. The van der Waals surface area contributed by atoms with Crippen molar-refractivity contribution in [2.24, 2.45) is 0 Å². The van der Waals surface area contributed by atoms with Gasteiger partial charge < -0.3 is 9.47 Å². The predicted molar refractivity (Wildman–Crippen MR) is 183 cm³/mol. The standard InChI is InChI=1S/C38H58O3S/c1-4-7-8-9-10-11-12-13-14-15-16-17-18-19-20-21-25-30-42-34-31-37(40-5-2)35(38(32-34)41-6-3)28-29-36(39)33-26-23-22-24-27-33/h22-24,26-29,31-32H,4-21,25,30H2,1-3H3. The van der Waals surface area contributed by atoms with E-state index >= 15 is 0 Å². The second kappa shape index (κ2) is 24.3. The smallest absolute Gasteiger partial charge is 0.185 e. The number of hydrogen-bond donors (Lipinski definition) is 0. The summed E-state index contributed by atoms with van der Waals surface area (Å²) in [5.74, 6) is 2.60. The van der Waals surface area contributed by atoms with Crippen molar-refractivity contribution >= 4 is 23.6 Å². The van der Waals surface area contributed by atoms with Crippen molar-refractivity contribution in [1.29, 1.82) is 0 Å². The first-order valence-corrected chi connectivity index (χ1v) is 18.0. The molecule has 0 saturated carbocycles. The molecule has 2 aromatic carbocycles. The number of allylic oxidation sites excluding steroid dienone is 1. The Morgan fingerprint density at radius 1 is 0.643 bits per heavy atom. The SMILES string of the molecule is CCCCCCCCCCCCCCCCCCCSc1cc(OCC)c(C=CC(=O)c2ccccc2)c(OCC)c1. The van der Waals surface area contributed by atoms with E-state index in [1.54, 1.807) is 6.08 Å². The van der Waals surface area contributed by atoms with E-state index in [0.29, 0.717) is 18.8 Å². The highest BCUT2D eigenvalue weighted by Crippen LogP contribution is 2.36. The third kappa shape index (κ3) is 15.9. The predicted octanol–water partition coefficient (Wildman–Crippen LogP) is 12.1. The number of thioether (sulfide) groups is 1. The summed E-state index contributed by atoms with van der Waals surface area (Å²) in [5, 5.41) is 0. The first-order chi connectivity index (χ1) is 20.7. The summed E-state index contributed by atoms with van der Waals surface area (Å²) in [4.78, 5) is 13.8. The van der Waals surface area contributed by atoms with Crippen LogP contribution in [-0.4, -0.2) is 24.7 Å². The van der Waals surface area contributed by atoms with Crippen LogP contribution in [0.15, 0.2) is 53.4 Å². The molecule has 0 unspecified atom stereocenters. The Hall–Kier alpha value is -2.20. The van der Waals surface area contributed by atoms with Crippen LogP contribution < -0.4 is 9.47 Å². The molecule has 0 aliphatic rings. The van der Waals surface area contributed by atoms with E-state index in [4.69, 9.17) is 9.47 Å². The Morgan fingerprint density at radius 3 is 1.55 bits per heavy atom. The van der Waals surface area contributed by atoms with Gasteiger partial charge in [-0.1, -0.05) is 140 Å². The van der Waals surface area contributed by atoms with Crippen LogP contribution in [0.25, 0.3) is 6.08 Å². The molecule has 3 nitrogen and oxygen atoms in total. The van der Waals surface area contributed by atoms with Crippen molar-refractivity contribution in [3.8, 4) is 11.5 Å². The molecular formula is C38H58O3S. The van der Waals surface area contributed by atoms with Gasteiger partial charge in [0, 0.05) is 10.5 Å². The molecule has 4 heteroatoms. The highest BCUT2D eigenvalue weighted by atomic mass is 32.2. The summed E-state index contributed by atoms with van der Waals surface area (Å²) in [6.07, 6.45) is 27.2. The van der Waals surface area contributed by atoms with Gasteiger partial charge in [0.25, 0.3) is 0 Å². The maximum Gasteiger partial charge on any atom is 0.185 e. The highest BCUT2D eigenvalue weighted by molar-refractivity contribution is 7.99. The van der Waals surface area contributed by atoms with E-state index in [-0.39, 0.29) is 5.78 Å². The maximum atomic E-state index is 12.6. The molecule has 0 heterocycles. The first-order valence-electron chi connectivity index (χ1n) is 17.0. The Morgan fingerprint density at radius 2 is 1.10 bits per heavy atom. The first kappa shape index (κ1) is 36.0. The molecule has 0 aliphatic carbocycles. The van der Waals surface area contributed by atoms with Crippen LogP contribution in [0.4, 0.5) is 0 Å². The van der Waals surface area contributed by atoms with Crippen molar-refractivity contribution in [3.05, 3.63) is 59.7 Å². The molecule has 2 aromatic rings. The van der Waals surface area contributed by atoms with Crippen molar-refractivity contribution in [3.63, 3.8) is 0 Å². The summed E-state index contributed by atoms with van der Waals surface area (Å²) in [6, 6.07) is 13.5. The largest absolute Gasteiger partial charge is 0.493 e. The van der Waals surface area contributed by atoms with Crippen LogP contribution >= 0.6 is 11.8 Å². The van der Waals surface area contributed by atoms with Gasteiger partial charge in [0.05, 0.1) is 18.8 Å². The van der Waals surface area contributed by atoms with Gasteiger partial charge in [0.15, 0.2) is 5.78 Å². The Kier molecular flexibility index (Phi) is 20.8. The topological polar surface area (TPSA) is 35.5 Å². The molecule has 0 aromatic heterocycles. The van der Waals surface area contributed by atoms with Gasteiger partial charge in [-0.2, -0.15) is 0 Å². The van der Waals surface area contributed by atoms with Gasteiger partial charge >= 0.3 is 0 Å². The number of ether oxygens (including phenoxy) is 2. The molecule has 234 valence electrons. The number of carbonyl (C=O) groups is 1. The lowest BCUT2D eigenvalue weighted by atomic mass is 10.0. The number of rotatable bonds is 26. The molecule has 0 aliphatic heterocycles. The lowest BCUT2D eigenvalue weighted by molar-refractivity contribution is 0.104. The average Bonchev–Trinajstić information content (AvgIpc) is 3.00. The quantitative estimate of drug-likeness (QED) is 0.0470. The van der Waals surface area contributed by atoms with Crippen LogP contribution in [-0.2, 0) is 0 Å². The second-order valence-electron chi connectivity index (χ2n) is 11.3. The molecule has 0 bridgehead atoms. The van der Waals surface area contributed by atoms with Crippen LogP contribution in [0.2, 0.25) is 0 Å². The average molecular weight is 595 g/mol. The van der Waals surface area contributed by atoms with Gasteiger partial charge in [-0.3, -0.25) is 4.79 Å². The van der Waals surface area contributed by atoms with E-state index in [9.17, 15) is 4.79 Å². The minimum atomic E-state index is -0.0299. The Balaban J connectivity index is 1.65. The van der Waals surface area contributed by atoms with Crippen molar-refractivity contribution < 1.29 is 14.3 Å². The van der Waals surface area contributed by atoms with Crippen molar-refractivity contribution in [1.82, 2.24) is 0 Å². The van der Waals surface area contributed by atoms with Crippen LogP contribution in [0.1, 0.15) is 146 Å². The van der Waals surface area contributed by atoms with E-state index in [1.165, 1.54) is 109 Å². The van der Waals surface area contributed by atoms with Gasteiger partial charge in [-0.15, -0.1) is 11.8 Å². The molecule has 0 spiro atoms. The second-order valence-corrected chi connectivity index (χ2v) is 12.4. The van der Waals surface area contributed by atoms with E-state index in [0.717, 1.165) is 27.7 Å². The van der Waals surface area contributed by atoms with E-state index < -0.39 is 0 Å². The highest BCUT2D eigenvalue weighted by Gasteiger charge is 2.13. The fraction of sp³-hybridized carbons (Fsp3) is 0.605. The fourth-order valence-electron chi connectivity index (χ4n) is 5.25. The Bertz CT molecular complexity index is 958. The summed E-state index contributed by atoms with van der Waals surface area (Å²) in [7, 11) is 0. The molecule has 0 amide bonds. The summed E-state index contributed by atoms with van der Waals surface area (Å²) in [5.41, 5.74) is 1.50. The van der Waals surface area contributed by atoms with Gasteiger partial charge in [-0.05, 0) is 50.3 Å². The molecule has 0 atom stereocenters.